The second kappa shape index (κ2) is 10.3. The quantitative estimate of drug-likeness (QED) is 0.361. The minimum absolute atomic E-state index is 0.145. The van der Waals surface area contributed by atoms with E-state index in [1.807, 2.05) is 42.5 Å². The fraction of sp³-hybridized carbons (Fsp3) is 0.0667. The van der Waals surface area contributed by atoms with Crippen LogP contribution in [0.4, 0.5) is 10.1 Å². The molecule has 0 saturated carbocycles. The third-order valence-corrected chi connectivity index (χ3v) is 5.83. The average molecular weight is 479 g/mol. The molecule has 4 aromatic rings. The first-order valence-corrected chi connectivity index (χ1v) is 11.5. The zero-order chi connectivity index (χ0) is 24.9. The summed E-state index contributed by atoms with van der Waals surface area (Å²) in [7, 11) is 0. The van der Waals surface area contributed by atoms with Crippen LogP contribution in [0.3, 0.4) is 0 Å². The average Bonchev–Trinajstić information content (AvgIpc) is 2.91. The number of benzene rings is 4. The maximum atomic E-state index is 13.7. The summed E-state index contributed by atoms with van der Waals surface area (Å²) >= 11 is 0. The van der Waals surface area contributed by atoms with Gasteiger partial charge in [0.1, 0.15) is 5.82 Å². The van der Waals surface area contributed by atoms with Crippen molar-refractivity contribution in [1.82, 2.24) is 5.32 Å². The minimum atomic E-state index is -0.356. The molecule has 0 spiro atoms. The topological polar surface area (TPSA) is 58.6 Å². The van der Waals surface area contributed by atoms with Gasteiger partial charge in [0.05, 0.1) is 12.2 Å². The standard InChI is InChI=1S/C30H23FN2O3/c31-25-10-6-9-23(17-25)20-33-26-11-4-5-12-27(26)36-28(30(33)35)18-21-13-15-24(16-14-21)29(34)32-19-22-7-2-1-3-8-22/h1-18H,19-20H2,(H,32,34). The lowest BCUT2D eigenvalue weighted by Gasteiger charge is -2.30. The van der Waals surface area contributed by atoms with Gasteiger partial charge in [0.25, 0.3) is 11.8 Å². The Balaban J connectivity index is 1.34. The van der Waals surface area contributed by atoms with Crippen LogP contribution in [-0.4, -0.2) is 11.8 Å². The smallest absolute Gasteiger partial charge is 0.294 e. The first-order valence-electron chi connectivity index (χ1n) is 11.5. The Morgan fingerprint density at radius 2 is 1.58 bits per heavy atom. The summed E-state index contributed by atoms with van der Waals surface area (Å²) in [6.45, 7) is 0.642. The third kappa shape index (κ3) is 5.18. The fourth-order valence-corrected chi connectivity index (χ4v) is 4.00. The van der Waals surface area contributed by atoms with Crippen molar-refractivity contribution in [3.8, 4) is 5.75 Å². The fourth-order valence-electron chi connectivity index (χ4n) is 4.00. The van der Waals surface area contributed by atoms with Crippen LogP contribution in [0, 0.1) is 5.82 Å². The molecule has 0 radical (unpaired) electrons. The number of anilines is 1. The largest absolute Gasteiger partial charge is 0.449 e. The van der Waals surface area contributed by atoms with E-state index in [0.717, 1.165) is 5.56 Å². The molecule has 0 saturated heterocycles. The molecule has 0 atom stereocenters. The van der Waals surface area contributed by atoms with Crippen molar-refractivity contribution >= 4 is 23.6 Å². The van der Waals surface area contributed by atoms with E-state index in [-0.39, 0.29) is 29.9 Å². The van der Waals surface area contributed by atoms with Crippen molar-refractivity contribution in [3.63, 3.8) is 0 Å². The molecule has 36 heavy (non-hydrogen) atoms. The lowest BCUT2D eigenvalue weighted by Crippen LogP contribution is -2.36. The molecule has 6 heteroatoms. The van der Waals surface area contributed by atoms with Crippen LogP contribution in [0.5, 0.6) is 5.75 Å². The van der Waals surface area contributed by atoms with Gasteiger partial charge in [-0.05, 0) is 59.2 Å². The van der Waals surface area contributed by atoms with Crippen molar-refractivity contribution in [1.29, 1.82) is 0 Å². The van der Waals surface area contributed by atoms with Gasteiger partial charge < -0.3 is 10.1 Å². The van der Waals surface area contributed by atoms with Crippen LogP contribution in [0.2, 0.25) is 0 Å². The summed E-state index contributed by atoms with van der Waals surface area (Å²) in [5.41, 5.74) is 3.54. The van der Waals surface area contributed by atoms with E-state index in [4.69, 9.17) is 4.74 Å². The summed E-state index contributed by atoms with van der Waals surface area (Å²) in [6.07, 6.45) is 1.64. The molecule has 0 unspecified atom stereocenters. The number of fused-ring (bicyclic) bond motifs is 1. The molecule has 1 heterocycles. The number of hydrogen-bond donors (Lipinski definition) is 1. The van der Waals surface area contributed by atoms with Crippen LogP contribution in [0.1, 0.15) is 27.0 Å². The van der Waals surface area contributed by atoms with E-state index >= 15 is 0 Å². The first-order chi connectivity index (χ1) is 17.6. The number of ether oxygens (including phenoxy) is 1. The molecular formula is C30H23FN2O3. The number of hydrogen-bond acceptors (Lipinski definition) is 3. The Kier molecular flexibility index (Phi) is 6.58. The Bertz CT molecular complexity index is 1430. The number of halogens is 1. The van der Waals surface area contributed by atoms with Crippen LogP contribution in [0.25, 0.3) is 6.08 Å². The summed E-state index contributed by atoms with van der Waals surface area (Å²) in [5, 5.41) is 2.90. The van der Waals surface area contributed by atoms with Gasteiger partial charge in [-0.3, -0.25) is 14.5 Å². The zero-order valence-electron chi connectivity index (χ0n) is 19.4. The second-order valence-electron chi connectivity index (χ2n) is 8.39. The molecule has 4 aromatic carbocycles. The molecular weight excluding hydrogens is 455 g/mol. The molecule has 178 valence electrons. The van der Waals surface area contributed by atoms with Gasteiger partial charge in [-0.1, -0.05) is 66.7 Å². The number of nitrogens with one attached hydrogen (secondary N) is 1. The van der Waals surface area contributed by atoms with E-state index in [0.29, 0.717) is 34.7 Å². The second-order valence-corrected chi connectivity index (χ2v) is 8.39. The summed E-state index contributed by atoms with van der Waals surface area (Å²) in [6, 6.07) is 30.0. The lowest BCUT2D eigenvalue weighted by atomic mass is 10.1. The lowest BCUT2D eigenvalue weighted by molar-refractivity contribution is -0.117. The van der Waals surface area contributed by atoms with E-state index in [1.54, 1.807) is 59.5 Å². The Morgan fingerprint density at radius 3 is 2.36 bits per heavy atom. The molecule has 5 rings (SSSR count). The zero-order valence-corrected chi connectivity index (χ0v) is 19.4. The molecule has 0 aliphatic carbocycles. The van der Waals surface area contributed by atoms with E-state index in [9.17, 15) is 14.0 Å². The minimum Gasteiger partial charge on any atom is -0.449 e. The van der Waals surface area contributed by atoms with Gasteiger partial charge in [-0.15, -0.1) is 0 Å². The van der Waals surface area contributed by atoms with Gasteiger partial charge in [0.15, 0.2) is 11.5 Å². The molecule has 1 N–H and O–H groups in total. The van der Waals surface area contributed by atoms with Crippen LogP contribution >= 0.6 is 0 Å². The van der Waals surface area contributed by atoms with Crippen LogP contribution < -0.4 is 15.0 Å². The van der Waals surface area contributed by atoms with Gasteiger partial charge >= 0.3 is 0 Å². The maximum absolute atomic E-state index is 13.7. The molecule has 0 bridgehead atoms. The first kappa shape index (κ1) is 23.1. The number of nitrogens with zero attached hydrogens (tertiary/aromatic N) is 1. The van der Waals surface area contributed by atoms with Crippen molar-refractivity contribution < 1.29 is 18.7 Å². The van der Waals surface area contributed by atoms with Gasteiger partial charge in [0, 0.05) is 12.1 Å². The Morgan fingerprint density at radius 1 is 0.861 bits per heavy atom. The van der Waals surface area contributed by atoms with Gasteiger partial charge in [-0.2, -0.15) is 0 Å². The highest BCUT2D eigenvalue weighted by Crippen LogP contribution is 2.36. The maximum Gasteiger partial charge on any atom is 0.294 e. The number of amides is 2. The summed E-state index contributed by atoms with van der Waals surface area (Å²) in [4.78, 5) is 27.4. The van der Waals surface area contributed by atoms with E-state index in [1.165, 1.54) is 12.1 Å². The predicted molar refractivity (Wildman–Crippen MR) is 137 cm³/mol. The van der Waals surface area contributed by atoms with Gasteiger partial charge in [-0.25, -0.2) is 4.39 Å². The third-order valence-electron chi connectivity index (χ3n) is 5.83. The highest BCUT2D eigenvalue weighted by molar-refractivity contribution is 6.09. The predicted octanol–water partition coefficient (Wildman–Crippen LogP) is 5.72. The highest BCUT2D eigenvalue weighted by atomic mass is 19.1. The molecule has 0 fully saturated rings. The number of carbonyl (C=O) groups is 2. The Labute approximate surface area is 208 Å². The highest BCUT2D eigenvalue weighted by Gasteiger charge is 2.30. The Hall–Kier alpha value is -4.71. The number of para-hydroxylation sites is 2. The van der Waals surface area contributed by atoms with Crippen LogP contribution in [0.15, 0.2) is 109 Å². The molecule has 0 aromatic heterocycles. The summed E-state index contributed by atoms with van der Waals surface area (Å²) < 4.78 is 19.7. The van der Waals surface area contributed by atoms with Crippen molar-refractivity contribution in [2.45, 2.75) is 13.1 Å². The van der Waals surface area contributed by atoms with Crippen LogP contribution in [-0.2, 0) is 17.9 Å². The summed E-state index contributed by atoms with van der Waals surface area (Å²) in [5.74, 6) is -0.186. The van der Waals surface area contributed by atoms with Crippen molar-refractivity contribution in [2.24, 2.45) is 0 Å². The van der Waals surface area contributed by atoms with Gasteiger partial charge in [0.2, 0.25) is 0 Å². The van der Waals surface area contributed by atoms with E-state index < -0.39 is 0 Å². The normalized spacial score (nSPS) is 13.8. The SMILES string of the molecule is O=C(NCc1ccccc1)c1ccc(C=C2Oc3ccccc3N(Cc3cccc(F)c3)C2=O)cc1. The molecule has 5 nitrogen and oxygen atoms in total. The van der Waals surface area contributed by atoms with Crippen molar-refractivity contribution in [2.75, 3.05) is 4.90 Å². The molecule has 1 aliphatic rings. The number of carbonyl (C=O) groups excluding carboxylic acids is 2. The molecule has 1 aliphatic heterocycles. The monoisotopic (exact) mass is 478 g/mol. The molecule has 2 amide bonds. The van der Waals surface area contributed by atoms with Crippen molar-refractivity contribution in [3.05, 3.63) is 137 Å². The van der Waals surface area contributed by atoms with E-state index in [2.05, 4.69) is 5.32 Å². The number of rotatable bonds is 6.